The maximum atomic E-state index is 12.3. The second kappa shape index (κ2) is 8.69. The van der Waals surface area contributed by atoms with Crippen LogP contribution >= 0.6 is 0 Å². The van der Waals surface area contributed by atoms with E-state index in [9.17, 15) is 14.9 Å². The fraction of sp³-hybridized carbons (Fsp3) is 0.423. The van der Waals surface area contributed by atoms with E-state index in [0.29, 0.717) is 43.2 Å². The molecule has 2 aliphatic rings. The van der Waals surface area contributed by atoms with E-state index < -0.39 is 5.41 Å². The molecule has 2 amide bonds. The number of hydrogen-bond donors (Lipinski definition) is 1. The van der Waals surface area contributed by atoms with Gasteiger partial charge in [-0.05, 0) is 37.8 Å². The first kappa shape index (κ1) is 22.8. The Morgan fingerprint density at radius 2 is 2.00 bits per heavy atom. The van der Waals surface area contributed by atoms with E-state index in [1.54, 1.807) is 29.8 Å². The number of aromatic nitrogens is 3. The summed E-state index contributed by atoms with van der Waals surface area (Å²) in [5.41, 5.74) is 2.33. The molecule has 180 valence electrons. The molecule has 9 heteroatoms. The summed E-state index contributed by atoms with van der Waals surface area (Å²) < 4.78 is 7.66. The standard InChI is InChI=1S/C26H28N6O3/c1-16(33)32-11-9-26(15-27,10-12-32)20-6-4-5-18(24(20)35-3)23-19-13-22(29-25(34)17-7-8-17)28-14-21(19)31(2)30-23/h4-6,13-14,17H,7-12H2,1-3H3,(H,28,29,34). The number of fused-ring (bicyclic) bond motifs is 1. The Kier molecular flexibility index (Phi) is 5.67. The summed E-state index contributed by atoms with van der Waals surface area (Å²) in [4.78, 5) is 30.3. The second-order valence-electron chi connectivity index (χ2n) is 9.41. The lowest BCUT2D eigenvalue weighted by molar-refractivity contribution is -0.130. The summed E-state index contributed by atoms with van der Waals surface area (Å²) in [7, 11) is 3.45. The predicted molar refractivity (Wildman–Crippen MR) is 131 cm³/mol. The van der Waals surface area contributed by atoms with Gasteiger partial charge in [0.2, 0.25) is 11.8 Å². The van der Waals surface area contributed by atoms with Crippen LogP contribution in [0.25, 0.3) is 22.2 Å². The molecule has 2 fully saturated rings. The van der Waals surface area contributed by atoms with Gasteiger partial charge < -0.3 is 15.0 Å². The molecule has 0 radical (unpaired) electrons. The Labute approximate surface area is 203 Å². The molecular weight excluding hydrogens is 444 g/mol. The number of likely N-dealkylation sites (tertiary alicyclic amines) is 1. The van der Waals surface area contributed by atoms with Crippen LogP contribution in [0.5, 0.6) is 5.75 Å². The molecule has 0 atom stereocenters. The third kappa shape index (κ3) is 3.99. The van der Waals surface area contributed by atoms with Crippen molar-refractivity contribution in [1.29, 1.82) is 5.26 Å². The van der Waals surface area contributed by atoms with E-state index >= 15 is 0 Å². The van der Waals surface area contributed by atoms with Crippen molar-refractivity contribution in [2.75, 3.05) is 25.5 Å². The zero-order chi connectivity index (χ0) is 24.7. The summed E-state index contributed by atoms with van der Waals surface area (Å²) in [5.74, 6) is 1.19. The average molecular weight is 473 g/mol. The lowest BCUT2D eigenvalue weighted by Gasteiger charge is -2.38. The van der Waals surface area contributed by atoms with Crippen LogP contribution in [0.1, 0.15) is 38.2 Å². The highest BCUT2D eigenvalue weighted by Gasteiger charge is 2.40. The Hall–Kier alpha value is -3.93. The maximum absolute atomic E-state index is 12.3. The molecule has 1 N–H and O–H groups in total. The Morgan fingerprint density at radius 1 is 1.26 bits per heavy atom. The number of benzene rings is 1. The topological polar surface area (TPSA) is 113 Å². The SMILES string of the molecule is COc1c(-c2nn(C)c3cnc(NC(=O)C4CC4)cc23)cccc1C1(C#N)CCN(C(C)=O)CC1. The van der Waals surface area contributed by atoms with Crippen LogP contribution in [-0.2, 0) is 22.1 Å². The van der Waals surface area contributed by atoms with Crippen molar-refractivity contribution in [1.82, 2.24) is 19.7 Å². The molecule has 1 saturated carbocycles. The number of piperidine rings is 1. The highest BCUT2D eigenvalue weighted by molar-refractivity contribution is 5.99. The number of ether oxygens (including phenoxy) is 1. The number of rotatable bonds is 5. The van der Waals surface area contributed by atoms with Crippen LogP contribution in [-0.4, -0.2) is 51.7 Å². The molecule has 35 heavy (non-hydrogen) atoms. The minimum absolute atomic E-state index is 0.00488. The number of anilines is 1. The van der Waals surface area contributed by atoms with Crippen LogP contribution in [0.3, 0.4) is 0 Å². The zero-order valence-electron chi connectivity index (χ0n) is 20.2. The molecule has 3 aromatic rings. The van der Waals surface area contributed by atoms with Crippen molar-refractivity contribution in [3.05, 3.63) is 36.0 Å². The number of para-hydroxylation sites is 1. The van der Waals surface area contributed by atoms with Crippen LogP contribution < -0.4 is 10.1 Å². The molecule has 1 aromatic carbocycles. The summed E-state index contributed by atoms with van der Waals surface area (Å²) in [5, 5.41) is 18.8. The third-order valence-electron chi connectivity index (χ3n) is 7.20. The number of methoxy groups -OCH3 is 1. The predicted octanol–water partition coefficient (Wildman–Crippen LogP) is 3.40. The van der Waals surface area contributed by atoms with E-state index in [1.165, 1.54) is 0 Å². The molecule has 1 aliphatic carbocycles. The number of nitrogens with zero attached hydrogens (tertiary/aromatic N) is 5. The molecule has 1 saturated heterocycles. The van der Waals surface area contributed by atoms with Gasteiger partial charge in [0, 0.05) is 49.5 Å². The van der Waals surface area contributed by atoms with Gasteiger partial charge in [0.15, 0.2) is 0 Å². The van der Waals surface area contributed by atoms with Crippen LogP contribution in [0.2, 0.25) is 0 Å². The van der Waals surface area contributed by atoms with Gasteiger partial charge in [0.05, 0.1) is 30.3 Å². The Balaban J connectivity index is 1.58. The van der Waals surface area contributed by atoms with Gasteiger partial charge in [0.25, 0.3) is 0 Å². The monoisotopic (exact) mass is 472 g/mol. The second-order valence-corrected chi connectivity index (χ2v) is 9.41. The smallest absolute Gasteiger partial charge is 0.228 e. The highest BCUT2D eigenvalue weighted by atomic mass is 16.5. The Morgan fingerprint density at radius 3 is 2.63 bits per heavy atom. The lowest BCUT2D eigenvalue weighted by Crippen LogP contribution is -2.44. The van der Waals surface area contributed by atoms with Gasteiger partial charge in [-0.3, -0.25) is 14.3 Å². The first-order valence-corrected chi connectivity index (χ1v) is 11.8. The molecule has 5 rings (SSSR count). The summed E-state index contributed by atoms with van der Waals surface area (Å²) in [6, 6.07) is 10.2. The van der Waals surface area contributed by atoms with Crippen LogP contribution in [0, 0.1) is 17.2 Å². The number of hydrogen-bond acceptors (Lipinski definition) is 6. The molecule has 3 heterocycles. The van der Waals surface area contributed by atoms with Gasteiger partial charge >= 0.3 is 0 Å². The van der Waals surface area contributed by atoms with Gasteiger partial charge in [-0.25, -0.2) is 4.98 Å². The summed E-state index contributed by atoms with van der Waals surface area (Å²) in [6.45, 7) is 2.61. The van der Waals surface area contributed by atoms with E-state index in [1.807, 2.05) is 31.3 Å². The molecule has 0 spiro atoms. The van der Waals surface area contributed by atoms with Crippen molar-refractivity contribution >= 4 is 28.5 Å². The maximum Gasteiger partial charge on any atom is 0.228 e. The summed E-state index contributed by atoms with van der Waals surface area (Å²) in [6.07, 6.45) is 4.61. The van der Waals surface area contributed by atoms with Crippen molar-refractivity contribution in [2.45, 2.75) is 38.0 Å². The number of carbonyl (C=O) groups excluding carboxylic acids is 2. The largest absolute Gasteiger partial charge is 0.496 e. The minimum Gasteiger partial charge on any atom is -0.496 e. The summed E-state index contributed by atoms with van der Waals surface area (Å²) >= 11 is 0. The number of carbonyl (C=O) groups is 2. The van der Waals surface area contributed by atoms with Gasteiger partial charge in [-0.15, -0.1) is 0 Å². The lowest BCUT2D eigenvalue weighted by atomic mass is 9.73. The fourth-order valence-electron chi connectivity index (χ4n) is 4.96. The number of amides is 2. The van der Waals surface area contributed by atoms with Crippen molar-refractivity contribution < 1.29 is 14.3 Å². The average Bonchev–Trinajstić information content (AvgIpc) is 3.67. The minimum atomic E-state index is -0.761. The number of aryl methyl sites for hydroxylation is 1. The van der Waals surface area contributed by atoms with Crippen molar-refractivity contribution in [3.63, 3.8) is 0 Å². The zero-order valence-corrected chi connectivity index (χ0v) is 20.2. The number of nitriles is 1. The number of pyridine rings is 1. The first-order chi connectivity index (χ1) is 16.9. The van der Waals surface area contributed by atoms with E-state index in [4.69, 9.17) is 9.84 Å². The molecule has 9 nitrogen and oxygen atoms in total. The van der Waals surface area contributed by atoms with E-state index in [2.05, 4.69) is 16.4 Å². The van der Waals surface area contributed by atoms with Gasteiger partial charge in [0.1, 0.15) is 17.3 Å². The molecule has 1 aliphatic heterocycles. The van der Waals surface area contributed by atoms with Gasteiger partial charge in [-0.2, -0.15) is 10.4 Å². The normalized spacial score (nSPS) is 17.1. The highest BCUT2D eigenvalue weighted by Crippen LogP contribution is 2.45. The Bertz CT molecular complexity index is 1360. The van der Waals surface area contributed by atoms with Gasteiger partial charge in [-0.1, -0.05) is 12.1 Å². The van der Waals surface area contributed by atoms with E-state index in [-0.39, 0.29) is 17.7 Å². The fourth-order valence-corrected chi connectivity index (χ4v) is 4.96. The quantitative estimate of drug-likeness (QED) is 0.609. The van der Waals surface area contributed by atoms with Crippen LogP contribution in [0.4, 0.5) is 5.82 Å². The van der Waals surface area contributed by atoms with Crippen molar-refractivity contribution in [2.24, 2.45) is 13.0 Å². The van der Waals surface area contributed by atoms with Crippen molar-refractivity contribution in [3.8, 4) is 23.1 Å². The molecule has 2 aromatic heterocycles. The molecular formula is C26H28N6O3. The molecule has 0 bridgehead atoms. The first-order valence-electron chi connectivity index (χ1n) is 11.8. The third-order valence-corrected chi connectivity index (χ3v) is 7.20. The van der Waals surface area contributed by atoms with E-state index in [0.717, 1.165) is 34.9 Å². The molecule has 0 unspecified atom stereocenters. The van der Waals surface area contributed by atoms with Crippen LogP contribution in [0.15, 0.2) is 30.5 Å². The number of nitrogens with one attached hydrogen (secondary N) is 1.